The van der Waals surface area contributed by atoms with Gasteiger partial charge in [-0.3, -0.25) is 4.79 Å². The molecule has 0 aliphatic carbocycles. The maximum atomic E-state index is 11.8. The van der Waals surface area contributed by atoms with Crippen LogP contribution < -0.4 is 5.32 Å². The zero-order chi connectivity index (χ0) is 15.5. The van der Waals surface area contributed by atoms with Gasteiger partial charge in [-0.25, -0.2) is 9.78 Å². The van der Waals surface area contributed by atoms with Gasteiger partial charge in [0.25, 0.3) is 5.91 Å². The average molecular weight is 296 g/mol. The van der Waals surface area contributed by atoms with Crippen molar-refractivity contribution in [3.8, 4) is 0 Å². The summed E-state index contributed by atoms with van der Waals surface area (Å²) in [6, 6.07) is 2.74. The molecular weight excluding hydrogens is 276 g/mol. The molecule has 0 bridgehead atoms. The Morgan fingerprint density at radius 2 is 2.10 bits per heavy atom. The number of aromatic carboxylic acids is 1. The summed E-state index contributed by atoms with van der Waals surface area (Å²) in [6.07, 6.45) is 2.93. The fourth-order valence-corrected chi connectivity index (χ4v) is 1.57. The van der Waals surface area contributed by atoms with Crippen LogP contribution in [0.1, 0.15) is 33.7 Å². The van der Waals surface area contributed by atoms with Crippen molar-refractivity contribution < 1.29 is 24.2 Å². The second-order valence-electron chi connectivity index (χ2n) is 4.30. The van der Waals surface area contributed by atoms with Gasteiger partial charge in [0.2, 0.25) is 0 Å². The van der Waals surface area contributed by atoms with Crippen molar-refractivity contribution in [2.45, 2.75) is 12.8 Å². The molecule has 0 aliphatic heterocycles. The summed E-state index contributed by atoms with van der Waals surface area (Å²) < 4.78 is 10.1. The van der Waals surface area contributed by atoms with E-state index in [4.69, 9.17) is 14.6 Å². The van der Waals surface area contributed by atoms with Crippen LogP contribution >= 0.6 is 0 Å². The smallest absolute Gasteiger partial charge is 0.354 e. The highest BCUT2D eigenvalue weighted by Crippen LogP contribution is 2.02. The lowest BCUT2D eigenvalue weighted by atomic mass is 10.2. The Labute approximate surface area is 123 Å². The minimum atomic E-state index is -1.15. The van der Waals surface area contributed by atoms with E-state index in [9.17, 15) is 9.59 Å². The second kappa shape index (κ2) is 9.84. The number of carboxylic acids is 1. The van der Waals surface area contributed by atoms with Crippen molar-refractivity contribution >= 4 is 11.9 Å². The third-order valence-corrected chi connectivity index (χ3v) is 2.67. The number of hydrogen-bond acceptors (Lipinski definition) is 5. The third kappa shape index (κ3) is 6.82. The Bertz CT molecular complexity index is 464. The predicted molar refractivity (Wildman–Crippen MR) is 75.5 cm³/mol. The molecular formula is C14H20N2O5. The van der Waals surface area contributed by atoms with Crippen molar-refractivity contribution in [3.63, 3.8) is 0 Å². The summed E-state index contributed by atoms with van der Waals surface area (Å²) in [5, 5.41) is 11.5. The number of pyridine rings is 1. The normalized spacial score (nSPS) is 10.3. The first-order valence-electron chi connectivity index (χ1n) is 6.69. The number of nitrogens with one attached hydrogen (secondary N) is 1. The van der Waals surface area contributed by atoms with Gasteiger partial charge in [-0.1, -0.05) is 0 Å². The average Bonchev–Trinajstić information content (AvgIpc) is 2.49. The molecule has 1 rings (SSSR count). The zero-order valence-electron chi connectivity index (χ0n) is 12.0. The van der Waals surface area contributed by atoms with Crippen LogP contribution in [-0.4, -0.2) is 55.4 Å². The van der Waals surface area contributed by atoms with Crippen LogP contribution in [0.15, 0.2) is 18.3 Å². The van der Waals surface area contributed by atoms with Crippen LogP contribution in [0, 0.1) is 0 Å². The number of carboxylic acid groups (broad SMARTS) is 1. The van der Waals surface area contributed by atoms with Gasteiger partial charge in [-0.05, 0) is 25.0 Å². The van der Waals surface area contributed by atoms with Gasteiger partial charge in [0.1, 0.15) is 5.69 Å². The number of ether oxygens (including phenoxy) is 2. The number of aromatic nitrogens is 1. The number of carbonyl (C=O) groups excluding carboxylic acids is 1. The van der Waals surface area contributed by atoms with E-state index in [1.165, 1.54) is 18.3 Å². The summed E-state index contributed by atoms with van der Waals surface area (Å²) in [4.78, 5) is 26.2. The van der Waals surface area contributed by atoms with Crippen molar-refractivity contribution in [2.24, 2.45) is 0 Å². The maximum absolute atomic E-state index is 11.8. The van der Waals surface area contributed by atoms with E-state index in [0.717, 1.165) is 12.8 Å². The Balaban J connectivity index is 2.22. The Morgan fingerprint density at radius 1 is 1.29 bits per heavy atom. The predicted octanol–water partition coefficient (Wildman–Crippen LogP) is 0.953. The van der Waals surface area contributed by atoms with Crippen LogP contribution in [0.2, 0.25) is 0 Å². The highest BCUT2D eigenvalue weighted by Gasteiger charge is 2.09. The van der Waals surface area contributed by atoms with Gasteiger partial charge in [-0.2, -0.15) is 0 Å². The van der Waals surface area contributed by atoms with Crippen LogP contribution in [0.25, 0.3) is 0 Å². The quantitative estimate of drug-likeness (QED) is 0.624. The van der Waals surface area contributed by atoms with Gasteiger partial charge >= 0.3 is 5.97 Å². The fourth-order valence-electron chi connectivity index (χ4n) is 1.57. The molecule has 116 valence electrons. The van der Waals surface area contributed by atoms with E-state index in [0.29, 0.717) is 31.9 Å². The molecule has 1 amide bonds. The van der Waals surface area contributed by atoms with Crippen molar-refractivity contribution in [1.29, 1.82) is 0 Å². The standard InChI is InChI=1S/C14H20N2O5/c1-20-8-9-21-7-3-2-5-16-13(17)11-4-6-15-12(10-11)14(18)19/h4,6,10H,2-3,5,7-9H2,1H3,(H,16,17)(H,18,19). The highest BCUT2D eigenvalue weighted by atomic mass is 16.5. The van der Waals surface area contributed by atoms with E-state index < -0.39 is 5.97 Å². The Hall–Kier alpha value is -1.99. The lowest BCUT2D eigenvalue weighted by Crippen LogP contribution is -2.25. The zero-order valence-corrected chi connectivity index (χ0v) is 12.0. The van der Waals surface area contributed by atoms with Gasteiger partial charge in [0.15, 0.2) is 0 Å². The lowest BCUT2D eigenvalue weighted by Gasteiger charge is -2.06. The summed E-state index contributed by atoms with van der Waals surface area (Å²) in [5.41, 5.74) is 0.146. The molecule has 1 heterocycles. The number of carbonyl (C=O) groups is 2. The summed E-state index contributed by atoms with van der Waals surface area (Å²) in [7, 11) is 1.62. The van der Waals surface area contributed by atoms with Gasteiger partial charge in [0, 0.05) is 32.0 Å². The highest BCUT2D eigenvalue weighted by molar-refractivity contribution is 5.96. The number of methoxy groups -OCH3 is 1. The largest absolute Gasteiger partial charge is 0.477 e. The lowest BCUT2D eigenvalue weighted by molar-refractivity contribution is 0.0686. The van der Waals surface area contributed by atoms with E-state index >= 15 is 0 Å². The molecule has 2 N–H and O–H groups in total. The summed E-state index contributed by atoms with van der Waals surface area (Å²) in [6.45, 7) is 2.28. The minimum absolute atomic E-state index is 0.144. The first kappa shape index (κ1) is 17.1. The molecule has 1 aromatic heterocycles. The molecule has 0 aromatic carbocycles. The Morgan fingerprint density at radius 3 is 2.81 bits per heavy atom. The van der Waals surface area contributed by atoms with E-state index in [1.54, 1.807) is 7.11 Å². The summed E-state index contributed by atoms with van der Waals surface area (Å²) in [5.74, 6) is -1.46. The number of unbranched alkanes of at least 4 members (excludes halogenated alkanes) is 1. The molecule has 0 spiro atoms. The molecule has 0 saturated carbocycles. The number of amides is 1. The van der Waals surface area contributed by atoms with E-state index in [2.05, 4.69) is 10.3 Å². The SMILES string of the molecule is COCCOCCCCNC(=O)c1ccnc(C(=O)O)c1. The molecule has 0 aliphatic rings. The molecule has 7 heteroatoms. The first-order valence-corrected chi connectivity index (χ1v) is 6.69. The fraction of sp³-hybridized carbons (Fsp3) is 0.500. The Kier molecular flexibility index (Phi) is 8.00. The molecule has 1 aromatic rings. The van der Waals surface area contributed by atoms with E-state index in [1.807, 2.05) is 0 Å². The first-order chi connectivity index (χ1) is 10.1. The molecule has 21 heavy (non-hydrogen) atoms. The molecule has 7 nitrogen and oxygen atoms in total. The second-order valence-corrected chi connectivity index (χ2v) is 4.30. The number of hydrogen-bond donors (Lipinski definition) is 2. The molecule has 0 fully saturated rings. The third-order valence-electron chi connectivity index (χ3n) is 2.67. The van der Waals surface area contributed by atoms with Gasteiger partial charge in [0.05, 0.1) is 13.2 Å². The molecule has 0 saturated heterocycles. The topological polar surface area (TPSA) is 97.8 Å². The van der Waals surface area contributed by atoms with Crippen LogP contribution in [0.3, 0.4) is 0 Å². The van der Waals surface area contributed by atoms with Crippen LogP contribution in [0.5, 0.6) is 0 Å². The molecule has 0 atom stereocenters. The summed E-state index contributed by atoms with van der Waals surface area (Å²) >= 11 is 0. The van der Waals surface area contributed by atoms with Crippen molar-refractivity contribution in [3.05, 3.63) is 29.6 Å². The van der Waals surface area contributed by atoms with Gasteiger partial charge in [-0.15, -0.1) is 0 Å². The van der Waals surface area contributed by atoms with E-state index in [-0.39, 0.29) is 11.6 Å². The molecule has 0 radical (unpaired) electrons. The minimum Gasteiger partial charge on any atom is -0.477 e. The number of nitrogens with zero attached hydrogens (tertiary/aromatic N) is 1. The van der Waals surface area contributed by atoms with Gasteiger partial charge < -0.3 is 19.9 Å². The number of rotatable bonds is 10. The van der Waals surface area contributed by atoms with Crippen molar-refractivity contribution in [1.82, 2.24) is 10.3 Å². The molecule has 0 unspecified atom stereocenters. The maximum Gasteiger partial charge on any atom is 0.354 e. The van der Waals surface area contributed by atoms with Crippen LogP contribution in [0.4, 0.5) is 0 Å². The van der Waals surface area contributed by atoms with Crippen LogP contribution in [-0.2, 0) is 9.47 Å². The monoisotopic (exact) mass is 296 g/mol. The van der Waals surface area contributed by atoms with Crippen molar-refractivity contribution in [2.75, 3.05) is 33.5 Å².